The van der Waals surface area contributed by atoms with E-state index in [0.717, 1.165) is 43.1 Å². The molecular formula is C22H23N5. The molecule has 4 rings (SSSR count). The van der Waals surface area contributed by atoms with Gasteiger partial charge in [-0.1, -0.05) is 36.4 Å². The van der Waals surface area contributed by atoms with Crippen LogP contribution in [0.4, 0.5) is 5.82 Å². The van der Waals surface area contributed by atoms with E-state index in [4.69, 9.17) is 0 Å². The molecule has 0 saturated heterocycles. The molecule has 0 amide bonds. The number of hydrogen-bond acceptors (Lipinski definition) is 5. The Hall–Kier alpha value is -3.08. The molecule has 0 fully saturated rings. The molecule has 5 heteroatoms. The van der Waals surface area contributed by atoms with Crippen LogP contribution in [0.5, 0.6) is 0 Å². The van der Waals surface area contributed by atoms with E-state index in [1.54, 1.807) is 12.4 Å². The molecule has 0 N–H and O–H groups in total. The summed E-state index contributed by atoms with van der Waals surface area (Å²) >= 11 is 0. The predicted octanol–water partition coefficient (Wildman–Crippen LogP) is 3.77. The van der Waals surface area contributed by atoms with Gasteiger partial charge >= 0.3 is 0 Å². The number of rotatable bonds is 4. The molecule has 2 aromatic heterocycles. The molecule has 0 unspecified atom stereocenters. The summed E-state index contributed by atoms with van der Waals surface area (Å²) in [5, 5.41) is 9.15. The predicted molar refractivity (Wildman–Crippen MR) is 108 cm³/mol. The smallest absolute Gasteiger partial charge is 0.147 e. The SMILES string of the molecule is Cc1c(Cc2ccccc2)nnc(C2=CCN(c3cnccn3)CC2)c1C. The summed E-state index contributed by atoms with van der Waals surface area (Å²) in [6.45, 7) is 6.04. The van der Waals surface area contributed by atoms with Crippen molar-refractivity contribution >= 4 is 11.4 Å². The fourth-order valence-corrected chi connectivity index (χ4v) is 3.46. The molecule has 3 heterocycles. The van der Waals surface area contributed by atoms with Crippen LogP contribution in [0.25, 0.3) is 5.57 Å². The quantitative estimate of drug-likeness (QED) is 0.711. The molecule has 0 aliphatic carbocycles. The average Bonchev–Trinajstić information content (AvgIpc) is 2.73. The van der Waals surface area contributed by atoms with E-state index in [2.05, 4.69) is 69.3 Å². The Morgan fingerprint density at radius 1 is 1.00 bits per heavy atom. The third-order valence-corrected chi connectivity index (χ3v) is 5.22. The standard InChI is InChI=1S/C22H23N5/c1-16-17(2)22(26-25-20(16)14-18-6-4-3-5-7-18)19-8-12-27(13-9-19)21-15-23-10-11-24-21/h3-8,10-11,15H,9,12-14H2,1-2H3. The van der Waals surface area contributed by atoms with E-state index in [1.807, 2.05) is 12.3 Å². The second-order valence-electron chi connectivity index (χ2n) is 6.90. The topological polar surface area (TPSA) is 54.8 Å². The van der Waals surface area contributed by atoms with Gasteiger partial charge in [0.25, 0.3) is 0 Å². The second kappa shape index (κ2) is 7.66. The first-order valence-electron chi connectivity index (χ1n) is 9.29. The van der Waals surface area contributed by atoms with E-state index in [1.165, 1.54) is 22.3 Å². The first kappa shape index (κ1) is 17.3. The summed E-state index contributed by atoms with van der Waals surface area (Å²) in [5.41, 5.74) is 7.09. The van der Waals surface area contributed by atoms with Gasteiger partial charge in [0.2, 0.25) is 0 Å². The molecule has 5 nitrogen and oxygen atoms in total. The highest BCUT2D eigenvalue weighted by Crippen LogP contribution is 2.27. The molecule has 0 spiro atoms. The normalized spacial score (nSPS) is 14.1. The lowest BCUT2D eigenvalue weighted by Gasteiger charge is -2.27. The van der Waals surface area contributed by atoms with Gasteiger partial charge in [-0.3, -0.25) is 4.98 Å². The number of benzene rings is 1. The fourth-order valence-electron chi connectivity index (χ4n) is 3.46. The van der Waals surface area contributed by atoms with Crippen LogP contribution >= 0.6 is 0 Å². The molecule has 3 aromatic rings. The van der Waals surface area contributed by atoms with Crippen molar-refractivity contribution in [3.8, 4) is 0 Å². The van der Waals surface area contributed by atoms with Gasteiger partial charge in [0.15, 0.2) is 0 Å². The Morgan fingerprint density at radius 3 is 2.56 bits per heavy atom. The van der Waals surface area contributed by atoms with Crippen molar-refractivity contribution in [2.45, 2.75) is 26.7 Å². The Balaban J connectivity index is 1.54. The lowest BCUT2D eigenvalue weighted by Crippen LogP contribution is -2.29. The molecule has 27 heavy (non-hydrogen) atoms. The number of anilines is 1. The zero-order chi connectivity index (χ0) is 18.6. The van der Waals surface area contributed by atoms with Gasteiger partial charge in [-0.05, 0) is 42.5 Å². The van der Waals surface area contributed by atoms with Crippen molar-refractivity contribution in [1.82, 2.24) is 20.2 Å². The van der Waals surface area contributed by atoms with Crippen LogP contribution < -0.4 is 4.90 Å². The second-order valence-corrected chi connectivity index (χ2v) is 6.90. The molecule has 1 aliphatic rings. The highest BCUT2D eigenvalue weighted by Gasteiger charge is 2.19. The molecule has 0 atom stereocenters. The van der Waals surface area contributed by atoms with E-state index in [-0.39, 0.29) is 0 Å². The molecule has 1 aliphatic heterocycles. The number of nitrogens with zero attached hydrogens (tertiary/aromatic N) is 5. The van der Waals surface area contributed by atoms with Gasteiger partial charge in [-0.2, -0.15) is 10.2 Å². The Morgan fingerprint density at radius 2 is 1.85 bits per heavy atom. The lowest BCUT2D eigenvalue weighted by atomic mass is 9.96. The molecule has 0 saturated carbocycles. The van der Waals surface area contributed by atoms with Crippen molar-refractivity contribution < 1.29 is 0 Å². The summed E-state index contributed by atoms with van der Waals surface area (Å²) in [7, 11) is 0. The highest BCUT2D eigenvalue weighted by atomic mass is 15.2. The third-order valence-electron chi connectivity index (χ3n) is 5.22. The van der Waals surface area contributed by atoms with Crippen LogP contribution in [0.1, 0.15) is 34.5 Å². The van der Waals surface area contributed by atoms with Crippen molar-refractivity contribution in [3.63, 3.8) is 0 Å². The average molecular weight is 357 g/mol. The largest absolute Gasteiger partial charge is 0.351 e. The van der Waals surface area contributed by atoms with Gasteiger partial charge in [-0.25, -0.2) is 4.98 Å². The Kier molecular flexibility index (Phi) is 4.92. The Labute approximate surface area is 159 Å². The number of aromatic nitrogens is 4. The van der Waals surface area contributed by atoms with Crippen molar-refractivity contribution in [1.29, 1.82) is 0 Å². The van der Waals surface area contributed by atoms with Gasteiger partial charge in [-0.15, -0.1) is 0 Å². The van der Waals surface area contributed by atoms with Crippen LogP contribution in [0.2, 0.25) is 0 Å². The summed E-state index contributed by atoms with van der Waals surface area (Å²) in [5.74, 6) is 0.921. The minimum atomic E-state index is 0.819. The Bertz CT molecular complexity index is 951. The van der Waals surface area contributed by atoms with Crippen LogP contribution in [-0.4, -0.2) is 33.3 Å². The summed E-state index contributed by atoms with van der Waals surface area (Å²) < 4.78 is 0. The van der Waals surface area contributed by atoms with Crippen molar-refractivity contribution in [2.24, 2.45) is 0 Å². The minimum absolute atomic E-state index is 0.819. The van der Waals surface area contributed by atoms with Gasteiger partial charge in [0.1, 0.15) is 5.82 Å². The van der Waals surface area contributed by atoms with E-state index in [9.17, 15) is 0 Å². The summed E-state index contributed by atoms with van der Waals surface area (Å²) in [6, 6.07) is 10.4. The highest BCUT2D eigenvalue weighted by molar-refractivity contribution is 5.68. The van der Waals surface area contributed by atoms with E-state index >= 15 is 0 Å². The monoisotopic (exact) mass is 357 g/mol. The minimum Gasteiger partial charge on any atom is -0.351 e. The van der Waals surface area contributed by atoms with E-state index in [0.29, 0.717) is 0 Å². The molecule has 0 radical (unpaired) electrons. The first-order chi connectivity index (χ1) is 13.2. The van der Waals surface area contributed by atoms with Gasteiger partial charge < -0.3 is 4.90 Å². The molecular weight excluding hydrogens is 334 g/mol. The summed E-state index contributed by atoms with van der Waals surface area (Å²) in [6.07, 6.45) is 9.24. The zero-order valence-electron chi connectivity index (χ0n) is 15.8. The molecule has 0 bridgehead atoms. The maximum atomic E-state index is 4.59. The van der Waals surface area contributed by atoms with Crippen LogP contribution in [0.3, 0.4) is 0 Å². The number of hydrogen-bond donors (Lipinski definition) is 0. The fraction of sp³-hybridized carbons (Fsp3) is 0.273. The zero-order valence-corrected chi connectivity index (χ0v) is 15.8. The van der Waals surface area contributed by atoms with Crippen molar-refractivity contribution in [2.75, 3.05) is 18.0 Å². The van der Waals surface area contributed by atoms with Crippen LogP contribution in [0.15, 0.2) is 55.0 Å². The lowest BCUT2D eigenvalue weighted by molar-refractivity contribution is 0.801. The first-order valence-corrected chi connectivity index (χ1v) is 9.29. The van der Waals surface area contributed by atoms with Gasteiger partial charge in [0.05, 0.1) is 17.6 Å². The van der Waals surface area contributed by atoms with Crippen molar-refractivity contribution in [3.05, 3.63) is 83.1 Å². The third kappa shape index (κ3) is 3.72. The van der Waals surface area contributed by atoms with Crippen LogP contribution in [-0.2, 0) is 6.42 Å². The van der Waals surface area contributed by atoms with Gasteiger partial charge in [0, 0.05) is 31.9 Å². The van der Waals surface area contributed by atoms with E-state index < -0.39 is 0 Å². The molecule has 1 aromatic carbocycles. The maximum Gasteiger partial charge on any atom is 0.147 e. The molecule has 136 valence electrons. The maximum absolute atomic E-state index is 4.59. The summed E-state index contributed by atoms with van der Waals surface area (Å²) in [4.78, 5) is 10.8. The van der Waals surface area contributed by atoms with Crippen LogP contribution in [0, 0.1) is 13.8 Å².